The standard InChI is InChI=1S/C22H18FN3S/c1-24-15-7-8-16(17(23)13-15)20-25-18-9-10-19(26-21(18)27-20)22(11-12-22)14-5-3-2-4-6-14/h2-10,13,24H,11-12H2,1H3. The minimum atomic E-state index is -0.274. The van der Waals surface area contributed by atoms with Crippen LogP contribution in [0.4, 0.5) is 10.1 Å². The molecule has 0 bridgehead atoms. The van der Waals surface area contributed by atoms with E-state index in [1.54, 1.807) is 13.1 Å². The number of hydrogen-bond donors (Lipinski definition) is 1. The number of thiazole rings is 1. The van der Waals surface area contributed by atoms with E-state index in [4.69, 9.17) is 4.98 Å². The Kier molecular flexibility index (Phi) is 3.72. The van der Waals surface area contributed by atoms with Crippen molar-refractivity contribution in [2.45, 2.75) is 18.3 Å². The zero-order valence-corrected chi connectivity index (χ0v) is 15.7. The van der Waals surface area contributed by atoms with E-state index in [0.717, 1.165) is 34.6 Å². The number of pyridine rings is 1. The molecule has 5 rings (SSSR count). The van der Waals surface area contributed by atoms with Gasteiger partial charge in [0.15, 0.2) is 0 Å². The van der Waals surface area contributed by atoms with Gasteiger partial charge in [-0.25, -0.2) is 14.4 Å². The van der Waals surface area contributed by atoms with Crippen LogP contribution in [-0.2, 0) is 5.41 Å². The molecular formula is C22H18FN3S. The van der Waals surface area contributed by atoms with Crippen molar-refractivity contribution in [1.82, 2.24) is 9.97 Å². The van der Waals surface area contributed by atoms with Crippen molar-refractivity contribution in [2.24, 2.45) is 0 Å². The van der Waals surface area contributed by atoms with Gasteiger partial charge in [0.05, 0.1) is 5.69 Å². The van der Waals surface area contributed by atoms with Gasteiger partial charge >= 0.3 is 0 Å². The van der Waals surface area contributed by atoms with Gasteiger partial charge in [-0.3, -0.25) is 0 Å². The van der Waals surface area contributed by atoms with Crippen LogP contribution in [-0.4, -0.2) is 17.0 Å². The second kappa shape index (κ2) is 6.13. The highest BCUT2D eigenvalue weighted by molar-refractivity contribution is 7.21. The first kappa shape index (κ1) is 16.4. The van der Waals surface area contributed by atoms with Crippen molar-refractivity contribution in [1.29, 1.82) is 0 Å². The first-order valence-electron chi connectivity index (χ1n) is 9.01. The van der Waals surface area contributed by atoms with Gasteiger partial charge in [0.1, 0.15) is 21.2 Å². The van der Waals surface area contributed by atoms with Crippen LogP contribution in [0.2, 0.25) is 0 Å². The molecule has 4 aromatic rings. The maximum Gasteiger partial charge on any atom is 0.144 e. The molecule has 0 aliphatic heterocycles. The number of aromatic nitrogens is 2. The van der Waals surface area contributed by atoms with Gasteiger partial charge in [-0.2, -0.15) is 0 Å². The van der Waals surface area contributed by atoms with E-state index < -0.39 is 0 Å². The summed E-state index contributed by atoms with van der Waals surface area (Å²) in [5.74, 6) is -0.274. The Morgan fingerprint density at radius 2 is 1.81 bits per heavy atom. The largest absolute Gasteiger partial charge is 0.388 e. The maximum atomic E-state index is 14.5. The van der Waals surface area contributed by atoms with Crippen LogP contribution in [0.5, 0.6) is 0 Å². The Morgan fingerprint density at radius 3 is 2.52 bits per heavy atom. The highest BCUT2D eigenvalue weighted by Gasteiger charge is 2.47. The van der Waals surface area contributed by atoms with Crippen molar-refractivity contribution < 1.29 is 4.39 Å². The van der Waals surface area contributed by atoms with E-state index in [9.17, 15) is 4.39 Å². The van der Waals surface area contributed by atoms with Gasteiger partial charge in [0.2, 0.25) is 0 Å². The number of nitrogens with zero attached hydrogens (tertiary/aromatic N) is 2. The van der Waals surface area contributed by atoms with Crippen LogP contribution < -0.4 is 5.32 Å². The second-order valence-corrected chi connectivity index (χ2v) is 7.91. The zero-order chi connectivity index (χ0) is 18.4. The van der Waals surface area contributed by atoms with Crippen molar-refractivity contribution in [3.63, 3.8) is 0 Å². The van der Waals surface area contributed by atoms with E-state index in [1.165, 1.54) is 23.0 Å². The van der Waals surface area contributed by atoms with E-state index in [0.29, 0.717) is 10.6 Å². The zero-order valence-electron chi connectivity index (χ0n) is 14.9. The molecule has 1 aliphatic rings. The molecule has 1 aliphatic carbocycles. The quantitative estimate of drug-likeness (QED) is 0.503. The number of benzene rings is 2. The Balaban J connectivity index is 1.56. The smallest absolute Gasteiger partial charge is 0.144 e. The highest BCUT2D eigenvalue weighted by atomic mass is 32.1. The van der Waals surface area contributed by atoms with Crippen LogP contribution >= 0.6 is 11.3 Å². The van der Waals surface area contributed by atoms with Crippen LogP contribution in [0.1, 0.15) is 24.1 Å². The van der Waals surface area contributed by atoms with Crippen molar-refractivity contribution in [2.75, 3.05) is 12.4 Å². The molecule has 1 N–H and O–H groups in total. The molecule has 5 heteroatoms. The molecule has 1 saturated carbocycles. The molecule has 2 aromatic carbocycles. The summed E-state index contributed by atoms with van der Waals surface area (Å²) >= 11 is 1.45. The molecule has 0 saturated heterocycles. The van der Waals surface area contributed by atoms with E-state index in [1.807, 2.05) is 18.2 Å². The van der Waals surface area contributed by atoms with Gasteiger partial charge in [-0.15, -0.1) is 0 Å². The summed E-state index contributed by atoms with van der Waals surface area (Å²) in [6.45, 7) is 0. The van der Waals surface area contributed by atoms with Gasteiger partial charge in [-0.05, 0) is 48.7 Å². The summed E-state index contributed by atoms with van der Waals surface area (Å²) in [5, 5.41) is 3.62. The molecule has 0 unspecified atom stereocenters. The predicted octanol–water partition coefficient (Wildman–Crippen LogP) is 5.62. The average Bonchev–Trinajstić information content (AvgIpc) is 3.41. The monoisotopic (exact) mass is 375 g/mol. The van der Waals surface area contributed by atoms with Gasteiger partial charge in [0.25, 0.3) is 0 Å². The molecule has 0 amide bonds. The molecular weight excluding hydrogens is 357 g/mol. The lowest BCUT2D eigenvalue weighted by Crippen LogP contribution is -2.10. The van der Waals surface area contributed by atoms with Gasteiger partial charge in [0, 0.05) is 23.7 Å². The maximum absolute atomic E-state index is 14.5. The minimum absolute atomic E-state index is 0.0271. The third-order valence-electron chi connectivity index (χ3n) is 5.31. The molecule has 0 radical (unpaired) electrons. The third-order valence-corrected chi connectivity index (χ3v) is 6.31. The predicted molar refractivity (Wildman–Crippen MR) is 109 cm³/mol. The Morgan fingerprint density at radius 1 is 1.00 bits per heavy atom. The number of halogens is 1. The fourth-order valence-electron chi connectivity index (χ4n) is 3.62. The van der Waals surface area contributed by atoms with Gasteiger partial charge in [-0.1, -0.05) is 41.7 Å². The topological polar surface area (TPSA) is 37.8 Å². The normalized spacial score (nSPS) is 15.0. The van der Waals surface area contributed by atoms with Crippen LogP contribution in [0.3, 0.4) is 0 Å². The first-order valence-corrected chi connectivity index (χ1v) is 9.82. The van der Waals surface area contributed by atoms with Crippen LogP contribution in [0.25, 0.3) is 20.9 Å². The SMILES string of the molecule is CNc1ccc(-c2nc3ccc(C4(c5ccccc5)CC4)nc3s2)c(F)c1. The molecule has 2 aromatic heterocycles. The van der Waals surface area contributed by atoms with Crippen LogP contribution in [0.15, 0.2) is 60.7 Å². The number of anilines is 1. The summed E-state index contributed by atoms with van der Waals surface area (Å²) in [7, 11) is 1.78. The second-order valence-electron chi connectivity index (χ2n) is 6.93. The third kappa shape index (κ3) is 2.70. The summed E-state index contributed by atoms with van der Waals surface area (Å²) < 4.78 is 14.5. The van der Waals surface area contributed by atoms with Crippen molar-refractivity contribution in [3.8, 4) is 10.6 Å². The molecule has 27 heavy (non-hydrogen) atoms. The van der Waals surface area contributed by atoms with Gasteiger partial charge < -0.3 is 5.32 Å². The lowest BCUT2D eigenvalue weighted by atomic mass is 9.92. The summed E-state index contributed by atoms with van der Waals surface area (Å²) in [4.78, 5) is 10.4. The number of nitrogens with one attached hydrogen (secondary N) is 1. The van der Waals surface area contributed by atoms with Crippen LogP contribution in [0, 0.1) is 5.82 Å². The van der Waals surface area contributed by atoms with E-state index in [-0.39, 0.29) is 11.2 Å². The van der Waals surface area contributed by atoms with Crippen molar-refractivity contribution in [3.05, 3.63) is 77.7 Å². The number of hydrogen-bond acceptors (Lipinski definition) is 4. The molecule has 2 heterocycles. The average molecular weight is 375 g/mol. The van der Waals surface area contributed by atoms with E-state index in [2.05, 4.69) is 40.6 Å². The summed E-state index contributed by atoms with van der Waals surface area (Å²) in [6.07, 6.45) is 2.22. The highest BCUT2D eigenvalue weighted by Crippen LogP contribution is 2.53. The fraction of sp³-hybridized carbons (Fsp3) is 0.182. The lowest BCUT2D eigenvalue weighted by molar-refractivity contribution is 0.632. The van der Waals surface area contributed by atoms with E-state index >= 15 is 0 Å². The number of fused-ring (bicyclic) bond motifs is 1. The number of rotatable bonds is 4. The Bertz CT molecular complexity index is 1130. The summed E-state index contributed by atoms with van der Waals surface area (Å²) in [6, 6.07) is 19.8. The fourth-order valence-corrected chi connectivity index (χ4v) is 4.58. The van der Waals surface area contributed by atoms with Crippen molar-refractivity contribution >= 4 is 27.4 Å². The Labute approximate surface area is 160 Å². The molecule has 3 nitrogen and oxygen atoms in total. The Hall–Kier alpha value is -2.79. The summed E-state index contributed by atoms with van der Waals surface area (Å²) in [5.41, 5.74) is 4.51. The molecule has 1 fully saturated rings. The lowest BCUT2D eigenvalue weighted by Gasteiger charge is -2.14. The minimum Gasteiger partial charge on any atom is -0.388 e. The molecule has 134 valence electrons. The molecule has 0 spiro atoms. The first-order chi connectivity index (χ1) is 13.2. The molecule has 0 atom stereocenters.